The van der Waals surface area contributed by atoms with Gasteiger partial charge in [-0.05, 0) is 19.3 Å². The van der Waals surface area contributed by atoms with E-state index < -0.39 is 0 Å². The lowest BCUT2D eigenvalue weighted by Gasteiger charge is -2.27. The van der Waals surface area contributed by atoms with Crippen LogP contribution in [0.5, 0.6) is 0 Å². The highest BCUT2D eigenvalue weighted by atomic mass is 16.5. The number of oxazole rings is 1. The molecule has 1 aliphatic heterocycles. The van der Waals surface area contributed by atoms with E-state index in [2.05, 4.69) is 15.1 Å². The van der Waals surface area contributed by atoms with Gasteiger partial charge in [0.2, 0.25) is 17.6 Å². The Morgan fingerprint density at radius 2 is 2.19 bits per heavy atom. The fraction of sp³-hybridized carbons (Fsp3) is 0.588. The summed E-state index contributed by atoms with van der Waals surface area (Å²) in [7, 11) is 0. The normalized spacial score (nSPS) is 19.7. The standard InChI is InChI=1S/C17H21N5O4/c1-11(23)22(7-5-15-19-16(26-20-15)12-2-3-12)13-4-6-21(9-13)17(24)14-8-18-10-25-14/h8,10,12-13H,2-7,9H2,1H3. The predicted molar refractivity (Wildman–Crippen MR) is 88.2 cm³/mol. The van der Waals surface area contributed by atoms with E-state index in [0.717, 1.165) is 19.3 Å². The molecular weight excluding hydrogens is 338 g/mol. The van der Waals surface area contributed by atoms with Crippen molar-refractivity contribution >= 4 is 11.8 Å². The van der Waals surface area contributed by atoms with Gasteiger partial charge in [0.05, 0.1) is 12.2 Å². The minimum absolute atomic E-state index is 0.0186. The van der Waals surface area contributed by atoms with Gasteiger partial charge in [0.25, 0.3) is 5.91 Å². The molecule has 0 bridgehead atoms. The average Bonchev–Trinajstić information content (AvgIpc) is 3.08. The van der Waals surface area contributed by atoms with Crippen molar-refractivity contribution in [3.05, 3.63) is 30.1 Å². The van der Waals surface area contributed by atoms with Crippen molar-refractivity contribution in [3.63, 3.8) is 0 Å². The van der Waals surface area contributed by atoms with Crippen LogP contribution in [0.3, 0.4) is 0 Å². The Kier molecular flexibility index (Phi) is 4.44. The van der Waals surface area contributed by atoms with Crippen LogP contribution in [0, 0.1) is 0 Å². The lowest BCUT2D eigenvalue weighted by molar-refractivity contribution is -0.130. The third-order valence-corrected chi connectivity index (χ3v) is 4.93. The zero-order valence-electron chi connectivity index (χ0n) is 14.6. The van der Waals surface area contributed by atoms with Crippen LogP contribution in [0.1, 0.15) is 54.4 Å². The number of aromatic nitrogens is 3. The smallest absolute Gasteiger partial charge is 0.291 e. The lowest BCUT2D eigenvalue weighted by atomic mass is 10.2. The van der Waals surface area contributed by atoms with E-state index >= 15 is 0 Å². The maximum Gasteiger partial charge on any atom is 0.291 e. The largest absolute Gasteiger partial charge is 0.438 e. The second-order valence-corrected chi connectivity index (χ2v) is 6.84. The summed E-state index contributed by atoms with van der Waals surface area (Å²) in [5.41, 5.74) is 0. The Bertz CT molecular complexity index is 783. The molecule has 2 aromatic heterocycles. The molecule has 4 rings (SSSR count). The Balaban J connectivity index is 1.35. The van der Waals surface area contributed by atoms with Crippen molar-refractivity contribution in [3.8, 4) is 0 Å². The summed E-state index contributed by atoms with van der Waals surface area (Å²) in [4.78, 5) is 36.1. The van der Waals surface area contributed by atoms with Gasteiger partial charge in [-0.1, -0.05) is 5.16 Å². The van der Waals surface area contributed by atoms with Gasteiger partial charge in [0, 0.05) is 38.9 Å². The average molecular weight is 359 g/mol. The molecule has 0 radical (unpaired) electrons. The molecule has 3 heterocycles. The molecule has 0 aromatic carbocycles. The molecule has 138 valence electrons. The van der Waals surface area contributed by atoms with E-state index in [1.54, 1.807) is 16.7 Å². The van der Waals surface area contributed by atoms with Crippen molar-refractivity contribution < 1.29 is 18.5 Å². The molecule has 1 atom stereocenters. The number of nitrogens with zero attached hydrogens (tertiary/aromatic N) is 5. The molecule has 9 nitrogen and oxygen atoms in total. The van der Waals surface area contributed by atoms with E-state index in [9.17, 15) is 9.59 Å². The van der Waals surface area contributed by atoms with Crippen molar-refractivity contribution in [2.24, 2.45) is 0 Å². The summed E-state index contributed by atoms with van der Waals surface area (Å²) in [6.07, 6.45) is 6.15. The van der Waals surface area contributed by atoms with E-state index in [-0.39, 0.29) is 23.6 Å². The molecular formula is C17H21N5O4. The Hall–Kier alpha value is -2.71. The molecule has 0 N–H and O–H groups in total. The first-order valence-electron chi connectivity index (χ1n) is 8.89. The SMILES string of the molecule is CC(=O)N(CCc1noc(C2CC2)n1)C1CCN(C(=O)c2cnco2)C1. The Morgan fingerprint density at radius 1 is 1.35 bits per heavy atom. The first kappa shape index (κ1) is 16.7. The van der Waals surface area contributed by atoms with Crippen LogP contribution in [0.15, 0.2) is 21.5 Å². The van der Waals surface area contributed by atoms with Gasteiger partial charge in [-0.2, -0.15) is 4.98 Å². The molecule has 1 saturated carbocycles. The third kappa shape index (κ3) is 3.47. The monoisotopic (exact) mass is 359 g/mol. The first-order chi connectivity index (χ1) is 12.6. The topological polar surface area (TPSA) is 106 Å². The first-order valence-corrected chi connectivity index (χ1v) is 8.89. The van der Waals surface area contributed by atoms with Gasteiger partial charge >= 0.3 is 0 Å². The number of amides is 2. The number of carbonyl (C=O) groups is 2. The van der Waals surface area contributed by atoms with Crippen molar-refractivity contribution in [1.82, 2.24) is 24.9 Å². The second-order valence-electron chi connectivity index (χ2n) is 6.84. The summed E-state index contributed by atoms with van der Waals surface area (Å²) in [6, 6.07) is -0.0193. The van der Waals surface area contributed by atoms with Gasteiger partial charge in [-0.3, -0.25) is 9.59 Å². The van der Waals surface area contributed by atoms with Crippen LogP contribution in [0.4, 0.5) is 0 Å². The molecule has 1 unspecified atom stereocenters. The number of carbonyl (C=O) groups excluding carboxylic acids is 2. The van der Waals surface area contributed by atoms with E-state index in [1.807, 2.05) is 0 Å². The van der Waals surface area contributed by atoms with Crippen LogP contribution in [-0.2, 0) is 11.2 Å². The van der Waals surface area contributed by atoms with E-state index in [0.29, 0.717) is 43.7 Å². The van der Waals surface area contributed by atoms with Gasteiger partial charge in [0.1, 0.15) is 0 Å². The van der Waals surface area contributed by atoms with Crippen LogP contribution < -0.4 is 0 Å². The highest BCUT2D eigenvalue weighted by molar-refractivity contribution is 5.91. The number of hydrogen-bond acceptors (Lipinski definition) is 7. The minimum Gasteiger partial charge on any atom is -0.438 e. The summed E-state index contributed by atoms with van der Waals surface area (Å²) >= 11 is 0. The Morgan fingerprint density at radius 3 is 2.88 bits per heavy atom. The summed E-state index contributed by atoms with van der Waals surface area (Å²) < 4.78 is 10.3. The zero-order chi connectivity index (χ0) is 18.1. The predicted octanol–water partition coefficient (Wildman–Crippen LogP) is 1.24. The summed E-state index contributed by atoms with van der Waals surface area (Å²) in [6.45, 7) is 3.13. The van der Waals surface area contributed by atoms with Gasteiger partial charge in [0.15, 0.2) is 12.2 Å². The molecule has 2 aliphatic rings. The minimum atomic E-state index is -0.194. The Labute approximate surface area is 150 Å². The highest BCUT2D eigenvalue weighted by Crippen LogP contribution is 2.38. The molecule has 2 aromatic rings. The summed E-state index contributed by atoms with van der Waals surface area (Å²) in [5.74, 6) is 1.77. The van der Waals surface area contributed by atoms with E-state index in [4.69, 9.17) is 8.94 Å². The third-order valence-electron chi connectivity index (χ3n) is 4.93. The molecule has 2 amide bonds. The van der Waals surface area contributed by atoms with Crippen LogP contribution >= 0.6 is 0 Å². The molecule has 26 heavy (non-hydrogen) atoms. The van der Waals surface area contributed by atoms with Gasteiger partial charge in [-0.25, -0.2) is 4.98 Å². The van der Waals surface area contributed by atoms with E-state index in [1.165, 1.54) is 12.6 Å². The fourth-order valence-corrected chi connectivity index (χ4v) is 3.34. The van der Waals surface area contributed by atoms with Gasteiger partial charge in [-0.15, -0.1) is 0 Å². The lowest BCUT2D eigenvalue weighted by Crippen LogP contribution is -2.42. The highest BCUT2D eigenvalue weighted by Gasteiger charge is 2.33. The molecule has 1 aliphatic carbocycles. The fourth-order valence-electron chi connectivity index (χ4n) is 3.34. The number of rotatable bonds is 6. The maximum absolute atomic E-state index is 12.4. The maximum atomic E-state index is 12.4. The van der Waals surface area contributed by atoms with Crippen molar-refractivity contribution in [2.45, 2.75) is 44.6 Å². The molecule has 2 fully saturated rings. The zero-order valence-corrected chi connectivity index (χ0v) is 14.6. The second kappa shape index (κ2) is 6.89. The number of likely N-dealkylation sites (tertiary alicyclic amines) is 1. The van der Waals surface area contributed by atoms with Crippen LogP contribution in [0.2, 0.25) is 0 Å². The quantitative estimate of drug-likeness (QED) is 0.764. The molecule has 9 heteroatoms. The summed E-state index contributed by atoms with van der Waals surface area (Å²) in [5, 5.41) is 4.00. The number of hydrogen-bond donors (Lipinski definition) is 0. The van der Waals surface area contributed by atoms with Crippen LogP contribution in [0.25, 0.3) is 0 Å². The molecule has 1 saturated heterocycles. The van der Waals surface area contributed by atoms with Crippen LogP contribution in [-0.4, -0.2) is 62.4 Å². The van der Waals surface area contributed by atoms with Gasteiger partial charge < -0.3 is 18.7 Å². The molecule has 0 spiro atoms. The van der Waals surface area contributed by atoms with Crippen molar-refractivity contribution in [1.29, 1.82) is 0 Å². The van der Waals surface area contributed by atoms with Crippen molar-refractivity contribution in [2.75, 3.05) is 19.6 Å².